The van der Waals surface area contributed by atoms with Gasteiger partial charge in [-0.3, -0.25) is 9.59 Å². The fourth-order valence-corrected chi connectivity index (χ4v) is 7.16. The van der Waals surface area contributed by atoms with Crippen LogP contribution in [0, 0.1) is 0 Å². The van der Waals surface area contributed by atoms with Crippen LogP contribution in [0.15, 0.2) is 0 Å². The maximum absolute atomic E-state index is 12.8. The van der Waals surface area contributed by atoms with Gasteiger partial charge in [-0.1, -0.05) is 168 Å². The topological polar surface area (TPSA) is 128 Å². The molecule has 10 heteroatoms. The highest BCUT2D eigenvalue weighted by atomic mass is 32.2. The molecule has 0 aliphatic rings. The van der Waals surface area contributed by atoms with Gasteiger partial charge in [0.25, 0.3) is 0 Å². The molecule has 0 bridgehead atoms. The second-order valence-corrected chi connectivity index (χ2v) is 16.9. The Kier molecular flexibility index (Phi) is 34.4. The molecule has 1 amide bonds. The number of aliphatic carboxylic acids is 1. The lowest BCUT2D eigenvalue weighted by molar-refractivity contribution is -0.157. The monoisotopic (exact) mass is 772 g/mol. The van der Waals surface area contributed by atoms with Crippen LogP contribution < -0.4 is 5.32 Å². The Hall–Kier alpha value is -1.97. The SMILES string of the molecule is CCCCCCCCCCCCCCCC(=O)OC[C@H](CSCC(NC(=O)OC(C)(C)C)C(=O)O)OC(=O)CCCCCCCCCCCCCCC. The average Bonchev–Trinajstić information content (AvgIpc) is 3.09. The fourth-order valence-electron chi connectivity index (χ4n) is 6.14. The maximum Gasteiger partial charge on any atom is 0.408 e. The number of unbranched alkanes of at least 4 members (excludes halogenated alkanes) is 24. The zero-order valence-corrected chi connectivity index (χ0v) is 35.6. The number of nitrogens with one attached hydrogen (secondary N) is 1. The highest BCUT2D eigenvalue weighted by molar-refractivity contribution is 7.99. The van der Waals surface area contributed by atoms with Crippen LogP contribution in [0.25, 0.3) is 0 Å². The molecule has 0 aromatic carbocycles. The molecule has 0 rings (SSSR count). The van der Waals surface area contributed by atoms with Gasteiger partial charge in [0.05, 0.1) is 0 Å². The van der Waals surface area contributed by atoms with Gasteiger partial charge in [0, 0.05) is 24.3 Å². The Morgan fingerprint density at radius 2 is 0.943 bits per heavy atom. The summed E-state index contributed by atoms with van der Waals surface area (Å²) in [6.07, 6.45) is 31.0. The number of carboxylic acids is 1. The molecule has 53 heavy (non-hydrogen) atoms. The molecule has 0 aromatic rings. The third kappa shape index (κ3) is 36.8. The van der Waals surface area contributed by atoms with Crippen LogP contribution in [0.2, 0.25) is 0 Å². The first-order valence-corrected chi connectivity index (χ1v) is 22.8. The minimum atomic E-state index is -1.19. The van der Waals surface area contributed by atoms with Gasteiger partial charge in [-0.25, -0.2) is 9.59 Å². The first kappa shape index (κ1) is 51.0. The largest absolute Gasteiger partial charge is 0.480 e. The van der Waals surface area contributed by atoms with Crippen molar-refractivity contribution in [1.82, 2.24) is 5.32 Å². The van der Waals surface area contributed by atoms with Gasteiger partial charge in [-0.05, 0) is 33.6 Å². The van der Waals surface area contributed by atoms with Crippen LogP contribution in [0.5, 0.6) is 0 Å². The summed E-state index contributed by atoms with van der Waals surface area (Å²) in [5, 5.41) is 12.0. The van der Waals surface area contributed by atoms with Gasteiger partial charge in [-0.2, -0.15) is 11.8 Å². The Bertz CT molecular complexity index is 909. The molecule has 0 fully saturated rings. The van der Waals surface area contributed by atoms with E-state index in [1.165, 1.54) is 140 Å². The first-order valence-electron chi connectivity index (χ1n) is 21.6. The number of carbonyl (C=O) groups is 4. The van der Waals surface area contributed by atoms with Crippen molar-refractivity contribution in [2.24, 2.45) is 0 Å². The van der Waals surface area contributed by atoms with Gasteiger partial charge in [0.2, 0.25) is 0 Å². The van der Waals surface area contributed by atoms with E-state index < -0.39 is 29.8 Å². The lowest BCUT2D eigenvalue weighted by atomic mass is 10.0. The van der Waals surface area contributed by atoms with Gasteiger partial charge in [0.1, 0.15) is 24.4 Å². The Morgan fingerprint density at radius 1 is 0.566 bits per heavy atom. The molecule has 0 aliphatic carbocycles. The van der Waals surface area contributed by atoms with Crippen LogP contribution in [0.3, 0.4) is 0 Å². The number of thioether (sulfide) groups is 1. The predicted molar refractivity (Wildman–Crippen MR) is 220 cm³/mol. The zero-order valence-electron chi connectivity index (χ0n) is 34.8. The van der Waals surface area contributed by atoms with E-state index in [2.05, 4.69) is 19.2 Å². The number of rotatable bonds is 37. The third-order valence-electron chi connectivity index (χ3n) is 9.27. The van der Waals surface area contributed by atoms with E-state index in [4.69, 9.17) is 14.2 Å². The Labute approximate surface area is 329 Å². The van der Waals surface area contributed by atoms with Gasteiger partial charge in [-0.15, -0.1) is 0 Å². The van der Waals surface area contributed by atoms with Crippen LogP contribution in [0.4, 0.5) is 4.79 Å². The summed E-state index contributed by atoms with van der Waals surface area (Å²) in [6, 6.07) is -1.19. The molecular formula is C43H81NO8S. The highest BCUT2D eigenvalue weighted by Crippen LogP contribution is 2.17. The lowest BCUT2D eigenvalue weighted by Crippen LogP contribution is -2.45. The number of hydrogen-bond acceptors (Lipinski definition) is 8. The molecule has 0 saturated carbocycles. The third-order valence-corrected chi connectivity index (χ3v) is 10.5. The minimum absolute atomic E-state index is 0.0361. The van der Waals surface area contributed by atoms with E-state index in [0.29, 0.717) is 12.8 Å². The van der Waals surface area contributed by atoms with E-state index in [9.17, 15) is 24.3 Å². The minimum Gasteiger partial charge on any atom is -0.480 e. The first-order chi connectivity index (χ1) is 25.5. The zero-order chi connectivity index (χ0) is 39.4. The van der Waals surface area contributed by atoms with E-state index in [1.54, 1.807) is 20.8 Å². The molecule has 312 valence electrons. The quantitative estimate of drug-likeness (QED) is 0.0360. The predicted octanol–water partition coefficient (Wildman–Crippen LogP) is 12.1. The van der Waals surface area contributed by atoms with Crippen molar-refractivity contribution < 1.29 is 38.5 Å². The smallest absolute Gasteiger partial charge is 0.408 e. The van der Waals surface area contributed by atoms with Crippen molar-refractivity contribution in [3.8, 4) is 0 Å². The molecule has 9 nitrogen and oxygen atoms in total. The number of esters is 2. The molecule has 0 spiro atoms. The van der Waals surface area contributed by atoms with Crippen LogP contribution in [-0.4, -0.2) is 65.0 Å². The molecule has 0 aliphatic heterocycles. The summed E-state index contributed by atoms with van der Waals surface area (Å²) >= 11 is 1.22. The van der Waals surface area contributed by atoms with E-state index >= 15 is 0 Å². The molecule has 2 N–H and O–H groups in total. The summed E-state index contributed by atoms with van der Waals surface area (Å²) in [5.74, 6) is -1.58. The molecule has 1 unspecified atom stereocenters. The number of hydrogen-bond donors (Lipinski definition) is 2. The van der Waals surface area contributed by atoms with Gasteiger partial charge in [0.15, 0.2) is 0 Å². The van der Waals surface area contributed by atoms with Gasteiger partial charge >= 0.3 is 24.0 Å². The number of carboxylic acid groups (broad SMARTS) is 1. The summed E-state index contributed by atoms with van der Waals surface area (Å²) in [4.78, 5) is 49.3. The standard InChI is InChI=1S/C43H81NO8S/c1-6-8-10-12-14-16-18-20-22-24-26-28-30-32-39(45)50-34-37(35-53-36-38(41(47)48)44-42(49)52-43(3,4)5)51-40(46)33-31-29-27-25-23-21-19-17-15-13-11-9-7-2/h37-38H,6-36H2,1-5H3,(H,44,49)(H,47,48)/t37-,38?/m1/s1. The normalized spacial score (nSPS) is 12.6. The van der Waals surface area contributed by atoms with Crippen molar-refractivity contribution in [3.05, 3.63) is 0 Å². The van der Waals surface area contributed by atoms with E-state index in [-0.39, 0.29) is 30.1 Å². The van der Waals surface area contributed by atoms with Crippen molar-refractivity contribution in [2.45, 2.75) is 232 Å². The molecule has 2 atom stereocenters. The summed E-state index contributed by atoms with van der Waals surface area (Å²) in [6.45, 7) is 9.53. The Balaban J connectivity index is 4.54. The molecule has 0 saturated heterocycles. The fraction of sp³-hybridized carbons (Fsp3) is 0.907. The number of amides is 1. The van der Waals surface area contributed by atoms with Crippen LogP contribution in [0.1, 0.15) is 214 Å². The van der Waals surface area contributed by atoms with Crippen LogP contribution >= 0.6 is 11.8 Å². The van der Waals surface area contributed by atoms with Crippen molar-refractivity contribution in [3.63, 3.8) is 0 Å². The molecule has 0 aromatic heterocycles. The summed E-state index contributed by atoms with van der Waals surface area (Å²) in [5.41, 5.74) is -0.760. The Morgan fingerprint density at radius 3 is 1.32 bits per heavy atom. The molecular weight excluding hydrogens is 691 g/mol. The highest BCUT2D eigenvalue weighted by Gasteiger charge is 2.25. The number of carbonyl (C=O) groups excluding carboxylic acids is 3. The number of alkyl carbamates (subject to hydrolysis) is 1. The van der Waals surface area contributed by atoms with Crippen molar-refractivity contribution >= 4 is 35.8 Å². The van der Waals surface area contributed by atoms with Crippen molar-refractivity contribution in [2.75, 3.05) is 18.1 Å². The summed E-state index contributed by atoms with van der Waals surface area (Å²) in [7, 11) is 0. The second kappa shape index (κ2) is 35.7. The second-order valence-electron chi connectivity index (χ2n) is 15.9. The molecule has 0 heterocycles. The average molecular weight is 772 g/mol. The van der Waals surface area contributed by atoms with E-state index in [1.807, 2.05) is 0 Å². The molecule has 0 radical (unpaired) electrons. The van der Waals surface area contributed by atoms with Crippen LogP contribution in [-0.2, 0) is 28.6 Å². The number of ether oxygens (including phenoxy) is 3. The van der Waals surface area contributed by atoms with Crippen molar-refractivity contribution in [1.29, 1.82) is 0 Å². The van der Waals surface area contributed by atoms with E-state index in [0.717, 1.165) is 38.5 Å². The van der Waals surface area contributed by atoms with Gasteiger partial charge < -0.3 is 24.6 Å². The lowest BCUT2D eigenvalue weighted by Gasteiger charge is -2.22. The summed E-state index contributed by atoms with van der Waals surface area (Å²) < 4.78 is 16.4. The maximum atomic E-state index is 12.8.